The lowest BCUT2D eigenvalue weighted by molar-refractivity contribution is -0.773. The fourth-order valence-corrected chi connectivity index (χ4v) is 3.20. The van der Waals surface area contributed by atoms with Crippen LogP contribution in [0.1, 0.15) is 44.4 Å². The van der Waals surface area contributed by atoms with Crippen LogP contribution in [0.5, 0.6) is 0 Å². The Balaban J connectivity index is 1.71. The molecule has 23 heavy (non-hydrogen) atoms. The second-order valence-corrected chi connectivity index (χ2v) is 6.23. The third-order valence-corrected chi connectivity index (χ3v) is 4.43. The van der Waals surface area contributed by atoms with Gasteiger partial charge < -0.3 is 15.0 Å². The van der Waals surface area contributed by atoms with Crippen molar-refractivity contribution in [2.24, 2.45) is 0 Å². The number of nitrogens with zero attached hydrogens (tertiary/aromatic N) is 3. The summed E-state index contributed by atoms with van der Waals surface area (Å²) in [4.78, 5) is 1.74. The monoisotopic (exact) mass is 316 g/mol. The predicted molar refractivity (Wildman–Crippen MR) is 86.6 cm³/mol. The summed E-state index contributed by atoms with van der Waals surface area (Å²) in [5.41, 5.74) is 9.75. The standard InChI is InChI=1S/C17H24N4O2/c1-13-7-6-8-14(2)20(13)21-16(17(18)23-19-21)12-22-11-15-9-4-3-5-10-15/h3-5,9-10,13-14,18H,6-8,11-12H2,1-2H3. The molecule has 2 aromatic rings. The normalized spacial score (nSPS) is 21.6. The van der Waals surface area contributed by atoms with E-state index >= 15 is 0 Å². The van der Waals surface area contributed by atoms with Gasteiger partial charge in [-0.15, -0.1) is 5.01 Å². The molecule has 1 N–H and O–H groups in total. The maximum absolute atomic E-state index is 7.97. The van der Waals surface area contributed by atoms with Crippen LogP contribution in [0.4, 0.5) is 5.88 Å². The van der Waals surface area contributed by atoms with Gasteiger partial charge in [-0.3, -0.25) is 0 Å². The highest BCUT2D eigenvalue weighted by atomic mass is 16.5. The third-order valence-electron chi connectivity index (χ3n) is 4.43. The molecule has 0 bridgehead atoms. The van der Waals surface area contributed by atoms with Gasteiger partial charge in [0.2, 0.25) is 5.27 Å². The summed E-state index contributed by atoms with van der Waals surface area (Å²) >= 11 is 0. The van der Waals surface area contributed by atoms with Crippen LogP contribution in [-0.2, 0) is 18.0 Å². The fourth-order valence-electron chi connectivity index (χ4n) is 3.20. The molecule has 0 radical (unpaired) electrons. The summed E-state index contributed by atoms with van der Waals surface area (Å²) in [6, 6.07) is 10.8. The first-order valence-corrected chi connectivity index (χ1v) is 8.19. The van der Waals surface area contributed by atoms with Crippen molar-refractivity contribution in [1.29, 1.82) is 0 Å². The summed E-state index contributed by atoms with van der Waals surface area (Å²) in [7, 11) is 0. The Morgan fingerprint density at radius 2 is 1.91 bits per heavy atom. The molecule has 1 aliphatic heterocycles. The van der Waals surface area contributed by atoms with Crippen molar-refractivity contribution in [2.75, 3.05) is 5.01 Å². The van der Waals surface area contributed by atoms with Crippen molar-refractivity contribution in [1.82, 2.24) is 5.27 Å². The van der Waals surface area contributed by atoms with Crippen LogP contribution in [0.2, 0.25) is 0 Å². The van der Waals surface area contributed by atoms with Gasteiger partial charge in [0, 0.05) is 0 Å². The van der Waals surface area contributed by atoms with E-state index in [1.165, 1.54) is 6.42 Å². The average Bonchev–Trinajstić information content (AvgIpc) is 2.90. The van der Waals surface area contributed by atoms with Crippen molar-refractivity contribution < 1.29 is 14.1 Å². The summed E-state index contributed by atoms with van der Waals surface area (Å²) in [5.74, 6) is 0.0723. The molecule has 2 atom stereocenters. The molecule has 2 unspecified atom stereocenters. The molecule has 3 rings (SSSR count). The molecule has 6 heteroatoms. The van der Waals surface area contributed by atoms with Gasteiger partial charge in [-0.1, -0.05) is 30.3 Å². The lowest BCUT2D eigenvalue weighted by atomic mass is 10.00. The molecule has 1 aliphatic rings. The van der Waals surface area contributed by atoms with Gasteiger partial charge in [-0.05, 0) is 38.7 Å². The minimum Gasteiger partial charge on any atom is -0.660 e. The molecular formula is C17H24N4O2. The first-order chi connectivity index (χ1) is 11.2. The van der Waals surface area contributed by atoms with E-state index in [1.807, 2.05) is 30.3 Å². The molecule has 1 aromatic carbocycles. The van der Waals surface area contributed by atoms with Gasteiger partial charge >= 0.3 is 0 Å². The maximum Gasteiger partial charge on any atom is 0.293 e. The van der Waals surface area contributed by atoms with Crippen molar-refractivity contribution in [3.63, 3.8) is 0 Å². The van der Waals surface area contributed by atoms with E-state index in [9.17, 15) is 0 Å². The van der Waals surface area contributed by atoms with E-state index < -0.39 is 0 Å². The van der Waals surface area contributed by atoms with Crippen LogP contribution in [0.3, 0.4) is 0 Å². The van der Waals surface area contributed by atoms with E-state index in [4.69, 9.17) is 15.0 Å². The number of aromatic nitrogens is 2. The SMILES string of the molecule is CC1CCCC(C)N1[n+]1noc([NH-])c1COCc1ccccc1. The first kappa shape index (κ1) is 15.8. The summed E-state index contributed by atoms with van der Waals surface area (Å²) in [5, 5.41) is 6.27. The molecule has 124 valence electrons. The number of hydrogen-bond donors (Lipinski definition) is 0. The van der Waals surface area contributed by atoms with Crippen LogP contribution in [-0.4, -0.2) is 17.4 Å². The van der Waals surface area contributed by atoms with E-state index in [0.29, 0.717) is 31.0 Å². The van der Waals surface area contributed by atoms with Crippen molar-refractivity contribution >= 4 is 5.88 Å². The van der Waals surface area contributed by atoms with Gasteiger partial charge in [0.1, 0.15) is 12.5 Å². The highest BCUT2D eigenvalue weighted by Gasteiger charge is 2.36. The summed E-state index contributed by atoms with van der Waals surface area (Å²) < 4.78 is 10.9. The molecule has 6 nitrogen and oxygen atoms in total. The molecule has 0 aliphatic carbocycles. The molecular weight excluding hydrogens is 292 g/mol. The van der Waals surface area contributed by atoms with Crippen LogP contribution >= 0.6 is 0 Å². The zero-order chi connectivity index (χ0) is 16.2. The molecule has 1 saturated heterocycles. The Hall–Kier alpha value is -2.08. The molecule has 0 amide bonds. The zero-order valence-corrected chi connectivity index (χ0v) is 13.7. The number of piperidine rings is 1. The van der Waals surface area contributed by atoms with Gasteiger partial charge in [0.25, 0.3) is 5.69 Å². The predicted octanol–water partition coefficient (Wildman–Crippen LogP) is 3.26. The largest absolute Gasteiger partial charge is 0.660 e. The van der Waals surface area contributed by atoms with Gasteiger partial charge in [-0.2, -0.15) is 0 Å². The van der Waals surface area contributed by atoms with Crippen LogP contribution in [0.15, 0.2) is 34.9 Å². The number of rotatable bonds is 5. The molecule has 0 saturated carbocycles. The number of hydrogen-bond acceptors (Lipinski definition) is 4. The number of nitrogens with one attached hydrogen (secondary N) is 1. The number of ether oxygens (including phenoxy) is 1. The van der Waals surface area contributed by atoms with E-state index in [-0.39, 0.29) is 5.88 Å². The fraction of sp³-hybridized carbons (Fsp3) is 0.529. The first-order valence-electron chi connectivity index (χ1n) is 8.19. The minimum atomic E-state index is 0.0723. The Bertz CT molecular complexity index is 619. The second-order valence-electron chi connectivity index (χ2n) is 6.23. The third kappa shape index (κ3) is 3.47. The number of benzene rings is 1. The lowest BCUT2D eigenvalue weighted by Gasteiger charge is -2.32. The van der Waals surface area contributed by atoms with E-state index in [0.717, 1.165) is 18.4 Å². The Kier molecular flexibility index (Phi) is 4.81. The zero-order valence-electron chi connectivity index (χ0n) is 13.7. The minimum absolute atomic E-state index is 0.0723. The smallest absolute Gasteiger partial charge is 0.293 e. The van der Waals surface area contributed by atoms with Crippen LogP contribution < -0.4 is 9.80 Å². The van der Waals surface area contributed by atoms with Crippen molar-refractivity contribution in [3.05, 3.63) is 47.3 Å². The van der Waals surface area contributed by atoms with Gasteiger partial charge in [0.05, 0.1) is 23.5 Å². The Morgan fingerprint density at radius 1 is 1.22 bits per heavy atom. The summed E-state index contributed by atoms with van der Waals surface area (Å²) in [6.45, 7) is 5.20. The van der Waals surface area contributed by atoms with Crippen molar-refractivity contribution in [3.8, 4) is 0 Å². The van der Waals surface area contributed by atoms with Crippen molar-refractivity contribution in [2.45, 2.75) is 58.4 Å². The maximum atomic E-state index is 7.97. The van der Waals surface area contributed by atoms with E-state index in [2.05, 4.69) is 24.1 Å². The highest BCUT2D eigenvalue weighted by Crippen LogP contribution is 2.21. The second kappa shape index (κ2) is 7.00. The Morgan fingerprint density at radius 3 is 2.61 bits per heavy atom. The molecule has 0 spiro atoms. The average molecular weight is 316 g/mol. The van der Waals surface area contributed by atoms with Gasteiger partial charge in [0.15, 0.2) is 0 Å². The Labute approximate surface area is 136 Å². The lowest BCUT2D eigenvalue weighted by Crippen LogP contribution is -2.69. The van der Waals surface area contributed by atoms with Crippen LogP contribution in [0.25, 0.3) is 5.73 Å². The topological polar surface area (TPSA) is 66.2 Å². The molecule has 1 fully saturated rings. The van der Waals surface area contributed by atoms with Crippen LogP contribution in [0, 0.1) is 0 Å². The molecule has 1 aromatic heterocycles. The van der Waals surface area contributed by atoms with E-state index in [1.54, 1.807) is 4.79 Å². The van der Waals surface area contributed by atoms with Gasteiger partial charge in [-0.25, -0.2) is 0 Å². The quantitative estimate of drug-likeness (QED) is 0.794. The molecule has 2 heterocycles. The highest BCUT2D eigenvalue weighted by molar-refractivity contribution is 5.30. The summed E-state index contributed by atoms with van der Waals surface area (Å²) in [6.07, 6.45) is 3.48.